The lowest BCUT2D eigenvalue weighted by Gasteiger charge is -2.30. The molecule has 2 heterocycles. The molecule has 0 saturated carbocycles. The predicted molar refractivity (Wildman–Crippen MR) is 98.6 cm³/mol. The summed E-state index contributed by atoms with van der Waals surface area (Å²) in [5, 5.41) is 0. The van der Waals surface area contributed by atoms with E-state index >= 15 is 0 Å². The summed E-state index contributed by atoms with van der Waals surface area (Å²) in [7, 11) is -3.75. The first-order chi connectivity index (χ1) is 12.6. The number of halogens is 1. The zero-order valence-electron chi connectivity index (χ0n) is 14.9. The number of rotatable bonds is 4. The third-order valence-corrected chi connectivity index (χ3v) is 6.82. The maximum atomic E-state index is 14.5. The van der Waals surface area contributed by atoms with Gasteiger partial charge < -0.3 is 5.73 Å². The molecule has 1 aromatic carbocycles. The highest BCUT2D eigenvalue weighted by Gasteiger charge is 2.45. The number of aromatic nitrogens is 2. The average Bonchev–Trinajstić information content (AvgIpc) is 2.61. The predicted octanol–water partition coefficient (Wildman–Crippen LogP) is 1.70. The van der Waals surface area contributed by atoms with Crippen molar-refractivity contribution in [3.63, 3.8) is 0 Å². The fourth-order valence-electron chi connectivity index (χ4n) is 2.92. The quantitative estimate of drug-likeness (QED) is 0.795. The van der Waals surface area contributed by atoms with Crippen LogP contribution in [0.1, 0.15) is 40.7 Å². The molecule has 9 heteroatoms. The minimum atomic E-state index is -3.75. The molecule has 1 aromatic heterocycles. The monoisotopic (exact) mass is 390 g/mol. The molecule has 142 valence electrons. The van der Waals surface area contributed by atoms with E-state index in [1.165, 1.54) is 31.5 Å². The SMILES string of the molecule is Cc1cnc(C(=O)Cc2ccc(F)c(C3(C)N=C(N)CCS3(=O)=O)c2)cn1. The molecule has 1 unspecified atom stereocenters. The molecule has 1 aliphatic rings. The van der Waals surface area contributed by atoms with Gasteiger partial charge in [-0.3, -0.25) is 9.78 Å². The number of nitrogens with zero attached hydrogens (tertiary/aromatic N) is 3. The van der Waals surface area contributed by atoms with Crippen LogP contribution in [0.5, 0.6) is 0 Å². The van der Waals surface area contributed by atoms with Gasteiger partial charge in [-0.25, -0.2) is 22.8 Å². The van der Waals surface area contributed by atoms with Crippen LogP contribution in [-0.2, 0) is 21.1 Å². The molecule has 0 aliphatic carbocycles. The second-order valence-corrected chi connectivity index (χ2v) is 9.04. The first-order valence-electron chi connectivity index (χ1n) is 8.29. The molecule has 0 saturated heterocycles. The molecular weight excluding hydrogens is 371 g/mol. The van der Waals surface area contributed by atoms with Crippen LogP contribution in [0.4, 0.5) is 4.39 Å². The Bertz CT molecular complexity index is 1040. The Morgan fingerprint density at radius 1 is 1.30 bits per heavy atom. The highest BCUT2D eigenvalue weighted by molar-refractivity contribution is 7.92. The smallest absolute Gasteiger partial charge is 0.188 e. The van der Waals surface area contributed by atoms with Gasteiger partial charge in [0.1, 0.15) is 11.5 Å². The Labute approximate surface area is 156 Å². The number of ketones is 1. The third-order valence-electron chi connectivity index (χ3n) is 4.55. The second kappa shape index (κ2) is 6.80. The van der Waals surface area contributed by atoms with Gasteiger partial charge in [-0.05, 0) is 31.5 Å². The molecule has 0 fully saturated rings. The number of aryl methyl sites for hydroxylation is 1. The van der Waals surface area contributed by atoms with Gasteiger partial charge in [-0.1, -0.05) is 6.07 Å². The van der Waals surface area contributed by atoms with Gasteiger partial charge in [0.25, 0.3) is 0 Å². The molecule has 0 bridgehead atoms. The van der Waals surface area contributed by atoms with E-state index in [0.717, 1.165) is 6.07 Å². The van der Waals surface area contributed by atoms with Crippen molar-refractivity contribution in [3.8, 4) is 0 Å². The number of sulfone groups is 1. The van der Waals surface area contributed by atoms with E-state index in [1.54, 1.807) is 6.92 Å². The number of hydrogen-bond donors (Lipinski definition) is 1. The molecule has 7 nitrogen and oxygen atoms in total. The molecule has 2 aromatic rings. The average molecular weight is 390 g/mol. The number of nitrogens with two attached hydrogens (primary N) is 1. The summed E-state index contributed by atoms with van der Waals surface area (Å²) < 4.78 is 39.6. The fourth-order valence-corrected chi connectivity index (χ4v) is 4.54. The van der Waals surface area contributed by atoms with E-state index in [4.69, 9.17) is 5.73 Å². The van der Waals surface area contributed by atoms with Crippen molar-refractivity contribution in [2.45, 2.75) is 31.6 Å². The van der Waals surface area contributed by atoms with Crippen LogP contribution >= 0.6 is 0 Å². The summed E-state index contributed by atoms with van der Waals surface area (Å²) in [6.45, 7) is 3.08. The highest BCUT2D eigenvalue weighted by atomic mass is 32.2. The van der Waals surface area contributed by atoms with Crippen molar-refractivity contribution < 1.29 is 17.6 Å². The van der Waals surface area contributed by atoms with E-state index in [1.807, 2.05) is 0 Å². The van der Waals surface area contributed by atoms with Crippen molar-refractivity contribution in [1.29, 1.82) is 0 Å². The zero-order chi connectivity index (χ0) is 19.8. The van der Waals surface area contributed by atoms with Crippen molar-refractivity contribution in [2.24, 2.45) is 10.7 Å². The van der Waals surface area contributed by atoms with Crippen molar-refractivity contribution in [2.75, 3.05) is 5.75 Å². The van der Waals surface area contributed by atoms with Gasteiger partial charge in [0.05, 0.1) is 23.5 Å². The van der Waals surface area contributed by atoms with Crippen LogP contribution in [-0.4, -0.2) is 35.8 Å². The summed E-state index contributed by atoms with van der Waals surface area (Å²) in [5.74, 6) is -1.07. The molecule has 0 amide bonds. The minimum Gasteiger partial charge on any atom is -0.387 e. The lowest BCUT2D eigenvalue weighted by Crippen LogP contribution is -2.41. The van der Waals surface area contributed by atoms with Crippen molar-refractivity contribution in [1.82, 2.24) is 9.97 Å². The van der Waals surface area contributed by atoms with Crippen molar-refractivity contribution in [3.05, 3.63) is 58.9 Å². The number of hydrogen-bond acceptors (Lipinski definition) is 7. The first kappa shape index (κ1) is 19.1. The largest absolute Gasteiger partial charge is 0.387 e. The Hall–Kier alpha value is -2.68. The molecule has 1 aliphatic heterocycles. The normalized spacial score (nSPS) is 21.5. The van der Waals surface area contributed by atoms with Crippen LogP contribution in [0.15, 0.2) is 35.6 Å². The number of Topliss-reactive ketones (excluding diaryl/α,β-unsaturated/α-hetero) is 1. The van der Waals surface area contributed by atoms with Crippen molar-refractivity contribution >= 4 is 21.5 Å². The van der Waals surface area contributed by atoms with Gasteiger partial charge in [0.15, 0.2) is 20.5 Å². The molecule has 0 spiro atoms. The highest BCUT2D eigenvalue weighted by Crippen LogP contribution is 2.37. The van der Waals surface area contributed by atoms with E-state index in [9.17, 15) is 17.6 Å². The number of carbonyl (C=O) groups excluding carboxylic acids is 1. The Kier molecular flexibility index (Phi) is 4.81. The summed E-state index contributed by atoms with van der Waals surface area (Å²) in [6.07, 6.45) is 2.90. The molecule has 2 N–H and O–H groups in total. The third kappa shape index (κ3) is 3.59. The van der Waals surface area contributed by atoms with E-state index in [0.29, 0.717) is 11.3 Å². The summed E-state index contributed by atoms with van der Waals surface area (Å²) >= 11 is 0. The zero-order valence-corrected chi connectivity index (χ0v) is 15.8. The van der Waals surface area contributed by atoms with Crippen LogP contribution in [0.25, 0.3) is 0 Å². The fraction of sp³-hybridized carbons (Fsp3) is 0.333. The van der Waals surface area contributed by atoms with Gasteiger partial charge >= 0.3 is 0 Å². The second-order valence-electron chi connectivity index (χ2n) is 6.61. The molecule has 1 atom stereocenters. The topological polar surface area (TPSA) is 115 Å². The van der Waals surface area contributed by atoms with Gasteiger partial charge in [-0.15, -0.1) is 0 Å². The number of amidine groups is 1. The Morgan fingerprint density at radius 3 is 2.70 bits per heavy atom. The maximum Gasteiger partial charge on any atom is 0.188 e. The van der Waals surface area contributed by atoms with E-state index in [-0.39, 0.29) is 41.5 Å². The van der Waals surface area contributed by atoms with Crippen LogP contribution < -0.4 is 5.73 Å². The summed E-state index contributed by atoms with van der Waals surface area (Å²) in [4.78, 5) is 22.7. The summed E-state index contributed by atoms with van der Waals surface area (Å²) in [5.41, 5.74) is 6.92. The summed E-state index contributed by atoms with van der Waals surface area (Å²) in [6, 6.07) is 3.93. The number of benzene rings is 1. The van der Waals surface area contributed by atoms with E-state index in [2.05, 4.69) is 15.0 Å². The lowest BCUT2D eigenvalue weighted by molar-refractivity contribution is 0.0987. The number of carbonyl (C=O) groups is 1. The number of aliphatic imine (C=N–C) groups is 1. The van der Waals surface area contributed by atoms with Crippen LogP contribution in [0.3, 0.4) is 0 Å². The molecule has 0 radical (unpaired) electrons. The van der Waals surface area contributed by atoms with Gasteiger partial charge in [0.2, 0.25) is 0 Å². The maximum absolute atomic E-state index is 14.5. The van der Waals surface area contributed by atoms with Crippen LogP contribution in [0, 0.1) is 12.7 Å². The van der Waals surface area contributed by atoms with Gasteiger partial charge in [-0.2, -0.15) is 0 Å². The minimum absolute atomic E-state index is 0.0691. The van der Waals surface area contributed by atoms with Crippen LogP contribution in [0.2, 0.25) is 0 Å². The van der Waals surface area contributed by atoms with E-state index < -0.39 is 20.5 Å². The molecular formula is C18H19FN4O3S. The molecule has 3 rings (SSSR count). The lowest BCUT2D eigenvalue weighted by atomic mass is 10.00. The Balaban J connectivity index is 1.98. The van der Waals surface area contributed by atoms with Gasteiger partial charge in [0, 0.05) is 24.6 Å². The molecule has 27 heavy (non-hydrogen) atoms. The first-order valence-corrected chi connectivity index (χ1v) is 9.95. The Morgan fingerprint density at radius 2 is 2.04 bits per heavy atom. The standard InChI is InChI=1S/C18H19FN4O3S/c1-11-9-22-15(10-21-11)16(24)8-12-3-4-14(19)13(7-12)18(2)23-17(20)5-6-27(18,25)26/h3-4,7,9-10H,5-6,8H2,1-2H3,(H2,20,23).